The van der Waals surface area contributed by atoms with Crippen LogP contribution in [0.1, 0.15) is 84.8 Å². The molecule has 47 heavy (non-hydrogen) atoms. The highest BCUT2D eigenvalue weighted by Gasteiger charge is 2.49. The van der Waals surface area contributed by atoms with Gasteiger partial charge in [0.05, 0.1) is 16.8 Å². The van der Waals surface area contributed by atoms with Crippen molar-refractivity contribution in [1.29, 1.82) is 0 Å². The first-order chi connectivity index (χ1) is 22.7. The van der Waals surface area contributed by atoms with Crippen molar-refractivity contribution in [3.63, 3.8) is 0 Å². The smallest absolute Gasteiger partial charge is 0.420 e. The summed E-state index contributed by atoms with van der Waals surface area (Å²) in [6, 6.07) is 11.1. The molecule has 2 aromatic heterocycles. The molecule has 1 atom stereocenters. The van der Waals surface area contributed by atoms with Gasteiger partial charge in [-0.1, -0.05) is 19.3 Å². The maximum atomic E-state index is 13.7. The number of hydrogen-bond donors (Lipinski definition) is 2. The summed E-state index contributed by atoms with van der Waals surface area (Å²) in [7, 11) is 0. The highest BCUT2D eigenvalue weighted by atomic mass is 35.5. The van der Waals surface area contributed by atoms with Crippen LogP contribution >= 0.6 is 11.6 Å². The Morgan fingerprint density at radius 1 is 1.09 bits per heavy atom. The average molecular weight is 660 g/mol. The Kier molecular flexibility index (Phi) is 7.29. The van der Waals surface area contributed by atoms with Gasteiger partial charge in [0.15, 0.2) is 0 Å². The summed E-state index contributed by atoms with van der Waals surface area (Å²) in [5.41, 5.74) is 3.15. The van der Waals surface area contributed by atoms with E-state index in [4.69, 9.17) is 26.4 Å². The first-order valence-electron chi connectivity index (χ1n) is 16.0. The Hall–Kier alpha value is -4.35. The fraction of sp³-hybridized carbons (Fsp3) is 0.371. The lowest BCUT2D eigenvalue weighted by Gasteiger charge is -2.33. The van der Waals surface area contributed by atoms with E-state index in [-0.39, 0.29) is 17.9 Å². The standard InChI is InChI=1S/C35H32ClF2N5O4/c36-35(37,38)47-24-9-7-23(8-10-24)40-32(44)20-14-25(30-28(16-20)41-33(45)34(30)11-3-1-4-12-34)21-15-26-27(39-18-21)17-22-19-43(42-31(22)26)29-6-2-5-13-46-29/h7-10,14-16,18-19,29H,1-6,11-13,17H2,(H,40,44)(H,41,45). The number of rotatable bonds is 6. The molecule has 4 aromatic rings. The van der Waals surface area contributed by atoms with Crippen molar-refractivity contribution < 1.29 is 27.8 Å². The van der Waals surface area contributed by atoms with Crippen molar-refractivity contribution in [3.05, 3.63) is 77.2 Å². The Morgan fingerprint density at radius 3 is 2.64 bits per heavy atom. The monoisotopic (exact) mass is 659 g/mol. The van der Waals surface area contributed by atoms with E-state index in [2.05, 4.69) is 27.6 Å². The number of ether oxygens (including phenoxy) is 2. The van der Waals surface area contributed by atoms with Crippen LogP contribution < -0.4 is 15.4 Å². The summed E-state index contributed by atoms with van der Waals surface area (Å²) in [4.78, 5) is 32.2. The summed E-state index contributed by atoms with van der Waals surface area (Å²) in [5, 5.41) is 10.9. The Labute approximate surface area is 274 Å². The van der Waals surface area contributed by atoms with Gasteiger partial charge < -0.3 is 20.1 Å². The third kappa shape index (κ3) is 5.45. The number of nitrogens with one attached hydrogen (secondary N) is 2. The number of amides is 2. The molecule has 4 aliphatic rings. The van der Waals surface area contributed by atoms with Gasteiger partial charge in [0.2, 0.25) is 5.91 Å². The summed E-state index contributed by atoms with van der Waals surface area (Å²) < 4.78 is 38.4. The number of fused-ring (bicyclic) bond motifs is 5. The molecule has 9 nitrogen and oxygen atoms in total. The van der Waals surface area contributed by atoms with E-state index in [0.29, 0.717) is 23.4 Å². The molecule has 0 bridgehead atoms. The van der Waals surface area contributed by atoms with Gasteiger partial charge in [0.1, 0.15) is 12.0 Å². The van der Waals surface area contributed by atoms with Gasteiger partial charge in [-0.3, -0.25) is 14.6 Å². The molecule has 2 aliphatic heterocycles. The third-order valence-corrected chi connectivity index (χ3v) is 9.84. The topological polar surface area (TPSA) is 107 Å². The molecule has 2 fully saturated rings. The SMILES string of the molecule is O=C(Nc1ccc(OC(F)(F)Cl)cc1)c1cc2c(c(-c3cnc4c(c3)-c3nn(C5CCCCO5)cc3C4)c1)C1(CCCCC1)C(=O)N2. The van der Waals surface area contributed by atoms with Gasteiger partial charge in [-0.2, -0.15) is 5.10 Å². The normalized spacial score (nSPS) is 19.6. The first kappa shape index (κ1) is 30.0. The van der Waals surface area contributed by atoms with Gasteiger partial charge in [-0.05, 0) is 85.7 Å². The second-order valence-corrected chi connectivity index (χ2v) is 13.2. The van der Waals surface area contributed by atoms with Crippen molar-refractivity contribution in [2.75, 3.05) is 17.2 Å². The molecular formula is C35H32ClF2N5O4. The van der Waals surface area contributed by atoms with Crippen LogP contribution in [-0.2, 0) is 21.4 Å². The van der Waals surface area contributed by atoms with Gasteiger partial charge in [-0.15, -0.1) is 8.78 Å². The minimum atomic E-state index is -3.84. The van der Waals surface area contributed by atoms with E-state index in [1.54, 1.807) is 6.07 Å². The van der Waals surface area contributed by atoms with Gasteiger partial charge in [0.25, 0.3) is 5.91 Å². The van der Waals surface area contributed by atoms with Gasteiger partial charge in [0, 0.05) is 70.7 Å². The Bertz CT molecular complexity index is 1890. The number of pyridine rings is 1. The van der Waals surface area contributed by atoms with Crippen LogP contribution in [0.15, 0.2) is 54.9 Å². The van der Waals surface area contributed by atoms with Gasteiger partial charge in [-0.25, -0.2) is 4.68 Å². The number of carbonyl (C=O) groups excluding carboxylic acids is 2. The van der Waals surface area contributed by atoms with E-state index in [1.807, 2.05) is 16.9 Å². The van der Waals surface area contributed by atoms with E-state index in [9.17, 15) is 18.4 Å². The van der Waals surface area contributed by atoms with Crippen molar-refractivity contribution >= 4 is 34.8 Å². The first-order valence-corrected chi connectivity index (χ1v) is 16.4. The minimum absolute atomic E-state index is 0.0414. The number of carbonyl (C=O) groups is 2. The van der Waals surface area contributed by atoms with E-state index < -0.39 is 16.9 Å². The third-order valence-electron chi connectivity index (χ3n) is 9.77. The van der Waals surface area contributed by atoms with Crippen molar-refractivity contribution in [1.82, 2.24) is 14.8 Å². The fourth-order valence-electron chi connectivity index (χ4n) is 7.58. The lowest BCUT2D eigenvalue weighted by molar-refractivity contribution is -0.121. The molecule has 1 unspecified atom stereocenters. The Morgan fingerprint density at radius 2 is 1.89 bits per heavy atom. The second kappa shape index (κ2) is 11.4. The number of hydrogen-bond acceptors (Lipinski definition) is 6. The number of benzene rings is 2. The molecule has 2 aliphatic carbocycles. The van der Waals surface area contributed by atoms with E-state index in [1.165, 1.54) is 24.3 Å². The Balaban J connectivity index is 1.17. The molecule has 2 aromatic carbocycles. The van der Waals surface area contributed by atoms with E-state index >= 15 is 0 Å². The van der Waals surface area contributed by atoms with Crippen LogP contribution in [0.4, 0.5) is 20.2 Å². The van der Waals surface area contributed by atoms with Crippen LogP contribution in [0.5, 0.6) is 5.75 Å². The number of halogens is 3. The number of alkyl halides is 3. The van der Waals surface area contributed by atoms with Crippen LogP contribution in [-0.4, -0.2) is 38.8 Å². The zero-order valence-electron chi connectivity index (χ0n) is 25.5. The predicted molar refractivity (Wildman–Crippen MR) is 172 cm³/mol. The largest absolute Gasteiger partial charge is 0.487 e. The van der Waals surface area contributed by atoms with Crippen LogP contribution in [0.2, 0.25) is 0 Å². The zero-order chi connectivity index (χ0) is 32.3. The number of anilines is 2. The van der Waals surface area contributed by atoms with E-state index in [0.717, 1.165) is 97.2 Å². The van der Waals surface area contributed by atoms with Crippen molar-refractivity contribution in [2.45, 2.75) is 75.0 Å². The molecule has 1 saturated heterocycles. The molecule has 242 valence electrons. The van der Waals surface area contributed by atoms with Crippen molar-refractivity contribution in [3.8, 4) is 28.1 Å². The van der Waals surface area contributed by atoms with Crippen molar-refractivity contribution in [2.24, 2.45) is 0 Å². The minimum Gasteiger partial charge on any atom is -0.420 e. The number of nitrogens with zero attached hydrogens (tertiary/aromatic N) is 3. The quantitative estimate of drug-likeness (QED) is 0.180. The molecule has 1 saturated carbocycles. The predicted octanol–water partition coefficient (Wildman–Crippen LogP) is 7.79. The lowest BCUT2D eigenvalue weighted by Crippen LogP contribution is -2.36. The molecule has 2 amide bonds. The summed E-state index contributed by atoms with van der Waals surface area (Å²) in [6.07, 6.45) is 12.0. The molecule has 1 spiro atoms. The summed E-state index contributed by atoms with van der Waals surface area (Å²) >= 11 is 4.87. The molecule has 4 heterocycles. The summed E-state index contributed by atoms with van der Waals surface area (Å²) in [6.45, 7) is 0.730. The molecule has 8 rings (SSSR count). The van der Waals surface area contributed by atoms with Crippen LogP contribution in [0.25, 0.3) is 22.4 Å². The molecular weight excluding hydrogens is 628 g/mol. The maximum Gasteiger partial charge on any atom is 0.487 e. The number of aromatic nitrogens is 3. The fourth-order valence-corrected chi connectivity index (χ4v) is 7.67. The van der Waals surface area contributed by atoms with Crippen LogP contribution in [0.3, 0.4) is 0 Å². The zero-order valence-corrected chi connectivity index (χ0v) is 26.2. The molecule has 0 radical (unpaired) electrons. The molecule has 2 N–H and O–H groups in total. The maximum absolute atomic E-state index is 13.7. The van der Waals surface area contributed by atoms with Crippen LogP contribution in [0, 0.1) is 0 Å². The summed E-state index contributed by atoms with van der Waals surface area (Å²) in [5.74, 6) is -0.612. The second-order valence-electron chi connectivity index (χ2n) is 12.8. The average Bonchev–Trinajstić information content (AvgIpc) is 3.71. The highest BCUT2D eigenvalue weighted by Crippen LogP contribution is 2.52. The highest BCUT2D eigenvalue weighted by molar-refractivity contribution is 6.20. The van der Waals surface area contributed by atoms with Gasteiger partial charge >= 0.3 is 5.57 Å². The lowest BCUT2D eigenvalue weighted by atomic mass is 9.68. The molecule has 12 heteroatoms.